The molecule has 9 heteroatoms. The number of benzene rings is 3. The maximum Gasteiger partial charge on any atom is 0.322 e. The van der Waals surface area contributed by atoms with Gasteiger partial charge in [0, 0.05) is 41.2 Å². The summed E-state index contributed by atoms with van der Waals surface area (Å²) in [6, 6.07) is 21.4. The van der Waals surface area contributed by atoms with Crippen LogP contribution in [0.25, 0.3) is 11.1 Å². The van der Waals surface area contributed by atoms with Gasteiger partial charge in [-0.15, -0.1) is 0 Å². The fourth-order valence-corrected chi connectivity index (χ4v) is 3.93. The Labute approximate surface area is 202 Å². The maximum absolute atomic E-state index is 13.2. The third-order valence-corrected chi connectivity index (χ3v) is 5.42. The SMILES string of the molecule is CC(C)CN(Cc1cccc(C(=N)N)c1)C(=O)Nc1ccc(-c2ccccc2)c(NS(=O)[O-])c1. The van der Waals surface area contributed by atoms with Crippen molar-refractivity contribution in [2.45, 2.75) is 20.4 Å². The smallest absolute Gasteiger partial charge is 0.322 e. The van der Waals surface area contributed by atoms with Gasteiger partial charge in [-0.05, 0) is 35.2 Å². The number of rotatable bonds is 9. The van der Waals surface area contributed by atoms with Crippen molar-refractivity contribution in [3.8, 4) is 11.1 Å². The van der Waals surface area contributed by atoms with E-state index in [1.54, 1.807) is 41.3 Å². The molecule has 3 rings (SSSR count). The number of amides is 2. The number of nitrogens with two attached hydrogens (primary N) is 1. The van der Waals surface area contributed by atoms with Crippen LogP contribution in [0.4, 0.5) is 16.2 Å². The highest BCUT2D eigenvalue weighted by molar-refractivity contribution is 7.80. The molecule has 0 saturated carbocycles. The molecule has 1 unspecified atom stereocenters. The highest BCUT2D eigenvalue weighted by Gasteiger charge is 2.17. The van der Waals surface area contributed by atoms with Crippen molar-refractivity contribution in [2.24, 2.45) is 11.7 Å². The van der Waals surface area contributed by atoms with E-state index in [1.165, 1.54) is 0 Å². The molecule has 178 valence electrons. The van der Waals surface area contributed by atoms with Crippen LogP contribution in [0.2, 0.25) is 0 Å². The van der Waals surface area contributed by atoms with Gasteiger partial charge in [0.15, 0.2) is 0 Å². The molecule has 8 nitrogen and oxygen atoms in total. The van der Waals surface area contributed by atoms with Crippen LogP contribution >= 0.6 is 0 Å². The number of hydrogen-bond donors (Lipinski definition) is 4. The molecule has 0 aliphatic carbocycles. The zero-order valence-electron chi connectivity index (χ0n) is 19.1. The Morgan fingerprint density at radius 2 is 1.82 bits per heavy atom. The van der Waals surface area contributed by atoms with Gasteiger partial charge in [-0.25, -0.2) is 4.79 Å². The van der Waals surface area contributed by atoms with Crippen molar-refractivity contribution in [1.29, 1.82) is 5.41 Å². The van der Waals surface area contributed by atoms with E-state index in [9.17, 15) is 13.6 Å². The second-order valence-corrected chi connectivity index (χ2v) is 8.96. The van der Waals surface area contributed by atoms with Gasteiger partial charge >= 0.3 is 6.03 Å². The highest BCUT2D eigenvalue weighted by Crippen LogP contribution is 2.31. The third-order valence-electron chi connectivity index (χ3n) is 5.03. The molecule has 0 radical (unpaired) electrons. The summed E-state index contributed by atoms with van der Waals surface area (Å²) in [5.41, 5.74) is 9.42. The van der Waals surface area contributed by atoms with Crippen molar-refractivity contribution in [3.05, 3.63) is 83.9 Å². The van der Waals surface area contributed by atoms with Crippen molar-refractivity contribution >= 4 is 34.5 Å². The van der Waals surface area contributed by atoms with Crippen molar-refractivity contribution in [1.82, 2.24) is 4.90 Å². The van der Waals surface area contributed by atoms with Gasteiger partial charge in [-0.1, -0.05) is 68.4 Å². The Bertz CT molecular complexity index is 1180. The molecule has 0 aliphatic heterocycles. The summed E-state index contributed by atoms with van der Waals surface area (Å²) >= 11 is -2.52. The molecule has 0 heterocycles. The molecule has 0 saturated heterocycles. The summed E-state index contributed by atoms with van der Waals surface area (Å²) < 4.78 is 25.1. The van der Waals surface area contributed by atoms with Crippen LogP contribution in [-0.2, 0) is 17.8 Å². The molecule has 3 aromatic carbocycles. The summed E-state index contributed by atoms with van der Waals surface area (Å²) in [6.07, 6.45) is 0. The molecule has 0 aromatic heterocycles. The van der Waals surface area contributed by atoms with E-state index in [4.69, 9.17) is 11.1 Å². The molecule has 1 atom stereocenters. The lowest BCUT2D eigenvalue weighted by Crippen LogP contribution is -2.37. The quantitative estimate of drug-likeness (QED) is 0.204. The number of amidine groups is 1. The summed E-state index contributed by atoms with van der Waals surface area (Å²) in [7, 11) is 0. The Hall–Kier alpha value is -3.69. The van der Waals surface area contributed by atoms with E-state index in [-0.39, 0.29) is 17.8 Å². The van der Waals surface area contributed by atoms with Crippen molar-refractivity contribution < 1.29 is 13.6 Å². The molecule has 2 amide bonds. The minimum atomic E-state index is -2.52. The highest BCUT2D eigenvalue weighted by atomic mass is 32.2. The number of urea groups is 1. The van der Waals surface area contributed by atoms with Gasteiger partial charge in [-0.2, -0.15) is 0 Å². The van der Waals surface area contributed by atoms with Crippen LogP contribution in [0.1, 0.15) is 25.0 Å². The van der Waals surface area contributed by atoms with Gasteiger partial charge in [0.25, 0.3) is 0 Å². The number of nitrogens with zero attached hydrogens (tertiary/aromatic N) is 1. The van der Waals surface area contributed by atoms with E-state index < -0.39 is 11.3 Å². The van der Waals surface area contributed by atoms with E-state index >= 15 is 0 Å². The normalized spacial score (nSPS) is 11.6. The number of nitrogen functional groups attached to an aromatic ring is 1. The summed E-state index contributed by atoms with van der Waals surface area (Å²) in [6.45, 7) is 4.88. The van der Waals surface area contributed by atoms with Gasteiger partial charge in [0.1, 0.15) is 5.84 Å². The van der Waals surface area contributed by atoms with Crippen molar-refractivity contribution in [2.75, 3.05) is 16.6 Å². The van der Waals surface area contributed by atoms with Gasteiger partial charge in [0.2, 0.25) is 0 Å². The topological polar surface area (TPSA) is 134 Å². The second-order valence-electron chi connectivity index (χ2n) is 8.28. The van der Waals surface area contributed by atoms with Gasteiger partial charge in [-0.3, -0.25) is 9.62 Å². The first-order valence-corrected chi connectivity index (χ1v) is 11.8. The zero-order valence-corrected chi connectivity index (χ0v) is 19.9. The number of hydrogen-bond acceptors (Lipinski definition) is 4. The standard InChI is InChI=1S/C25H29N5O3S/c1-17(2)15-30(16-18-7-6-10-20(13-18)24(26)27)25(31)28-21-11-12-22(19-8-4-3-5-9-19)23(14-21)29-34(32)33/h3-14,17,29H,15-16H2,1-2H3,(H3,26,27)(H,28,31)(H,32,33)/p-1. The van der Waals surface area contributed by atoms with E-state index in [2.05, 4.69) is 10.0 Å². The number of carbonyl (C=O) groups excluding carboxylic acids is 1. The molecule has 0 spiro atoms. The lowest BCUT2D eigenvalue weighted by atomic mass is 10.0. The van der Waals surface area contributed by atoms with Crippen LogP contribution in [0.3, 0.4) is 0 Å². The summed E-state index contributed by atoms with van der Waals surface area (Å²) in [4.78, 5) is 14.8. The van der Waals surface area contributed by atoms with Crippen LogP contribution in [0, 0.1) is 11.3 Å². The van der Waals surface area contributed by atoms with Gasteiger partial charge < -0.3 is 25.2 Å². The Morgan fingerprint density at radius 3 is 2.47 bits per heavy atom. The second kappa shape index (κ2) is 11.4. The molecule has 5 N–H and O–H groups in total. The molecule has 0 fully saturated rings. The average molecular weight is 479 g/mol. The molecule has 34 heavy (non-hydrogen) atoms. The van der Waals surface area contributed by atoms with Crippen LogP contribution < -0.4 is 15.8 Å². The maximum atomic E-state index is 13.2. The number of nitrogens with one attached hydrogen (secondary N) is 3. The van der Waals surface area contributed by atoms with Gasteiger partial charge in [0.05, 0.1) is 5.69 Å². The van der Waals surface area contributed by atoms with E-state index in [1.807, 2.05) is 50.2 Å². The monoisotopic (exact) mass is 478 g/mol. The Kier molecular flexibility index (Phi) is 8.39. The van der Waals surface area contributed by atoms with Crippen molar-refractivity contribution in [3.63, 3.8) is 0 Å². The summed E-state index contributed by atoms with van der Waals surface area (Å²) in [5.74, 6) is 0.193. The lowest BCUT2D eigenvalue weighted by Gasteiger charge is -2.25. The number of anilines is 2. The fraction of sp³-hybridized carbons (Fsp3) is 0.200. The predicted octanol–water partition coefficient (Wildman–Crippen LogP) is 4.53. The Morgan fingerprint density at radius 1 is 1.09 bits per heavy atom. The van der Waals surface area contributed by atoms with Crippen LogP contribution in [0.5, 0.6) is 0 Å². The predicted molar refractivity (Wildman–Crippen MR) is 136 cm³/mol. The van der Waals surface area contributed by atoms with E-state index in [0.29, 0.717) is 35.6 Å². The Balaban J connectivity index is 1.85. The average Bonchev–Trinajstić information content (AvgIpc) is 2.79. The first-order valence-electron chi connectivity index (χ1n) is 10.8. The first-order chi connectivity index (χ1) is 16.2. The zero-order chi connectivity index (χ0) is 24.7. The first kappa shape index (κ1) is 24.9. The minimum Gasteiger partial charge on any atom is -0.755 e. The van der Waals surface area contributed by atoms with E-state index in [0.717, 1.165) is 11.1 Å². The van der Waals surface area contributed by atoms with Crippen LogP contribution in [-0.4, -0.2) is 32.1 Å². The molecular weight excluding hydrogens is 450 g/mol. The molecule has 0 bridgehead atoms. The third kappa shape index (κ3) is 6.90. The fourth-order valence-electron chi connectivity index (χ4n) is 3.59. The minimum absolute atomic E-state index is 0.0315. The van der Waals surface area contributed by atoms with Crippen LogP contribution in [0.15, 0.2) is 72.8 Å². The molecule has 0 aliphatic rings. The lowest BCUT2D eigenvalue weighted by molar-refractivity contribution is 0.201. The molecular formula is C25H28N5O3S-. The molecule has 3 aromatic rings. The number of carbonyl (C=O) groups is 1. The largest absolute Gasteiger partial charge is 0.755 e. The summed E-state index contributed by atoms with van der Waals surface area (Å²) in [5, 5.41) is 10.5.